The summed E-state index contributed by atoms with van der Waals surface area (Å²) >= 11 is 1.89. The lowest BCUT2D eigenvalue weighted by atomic mass is 9.82. The van der Waals surface area contributed by atoms with E-state index in [2.05, 4.69) is 34.3 Å². The Hall–Kier alpha value is -1.72. The Morgan fingerprint density at radius 2 is 2.00 bits per heavy atom. The molecule has 1 amide bonds. The zero-order chi connectivity index (χ0) is 16.6. The van der Waals surface area contributed by atoms with E-state index in [0.717, 1.165) is 44.5 Å². The van der Waals surface area contributed by atoms with E-state index >= 15 is 0 Å². The lowest BCUT2D eigenvalue weighted by molar-refractivity contribution is -0.121. The number of rotatable bonds is 3. The van der Waals surface area contributed by atoms with Crippen LogP contribution in [0.4, 0.5) is 0 Å². The maximum atomic E-state index is 12.5. The third-order valence-electron chi connectivity index (χ3n) is 5.40. The fraction of sp³-hybridized carbons (Fsp3) is 0.474. The summed E-state index contributed by atoms with van der Waals surface area (Å²) in [5, 5.41) is 3.32. The molecule has 126 valence electrons. The molecular weight excluding hydrogens is 318 g/mol. The number of nitrogens with zero attached hydrogens (tertiary/aromatic N) is 2. The first-order valence-electron chi connectivity index (χ1n) is 8.63. The minimum atomic E-state index is -0.0144. The smallest absolute Gasteiger partial charge is 0.228 e. The first-order valence-corrected chi connectivity index (χ1v) is 9.45. The van der Waals surface area contributed by atoms with Gasteiger partial charge in [0.1, 0.15) is 0 Å². The Morgan fingerprint density at radius 1 is 1.25 bits per heavy atom. The molecule has 2 aliphatic rings. The largest absolute Gasteiger partial charge is 0.350 e. The summed E-state index contributed by atoms with van der Waals surface area (Å²) in [6, 6.07) is 8.37. The van der Waals surface area contributed by atoms with Gasteiger partial charge in [-0.1, -0.05) is 0 Å². The number of aryl methyl sites for hydroxylation is 1. The molecule has 0 radical (unpaired) electrons. The molecule has 1 N–H and O–H groups in total. The van der Waals surface area contributed by atoms with Crippen LogP contribution in [0.3, 0.4) is 0 Å². The van der Waals surface area contributed by atoms with Crippen LogP contribution in [0.1, 0.15) is 40.5 Å². The SMILES string of the molecule is Cc1ccc(CN2CCC3(CC2)C[C@H](c2ccncc2)C(=O)N3)s1. The molecule has 1 spiro atoms. The van der Waals surface area contributed by atoms with Crippen molar-refractivity contribution in [3.05, 3.63) is 52.0 Å². The highest BCUT2D eigenvalue weighted by Crippen LogP contribution is 2.39. The number of hydrogen-bond donors (Lipinski definition) is 1. The van der Waals surface area contributed by atoms with E-state index in [-0.39, 0.29) is 17.4 Å². The van der Waals surface area contributed by atoms with Gasteiger partial charge < -0.3 is 5.32 Å². The molecule has 4 rings (SSSR count). The van der Waals surface area contributed by atoms with Gasteiger partial charge in [-0.2, -0.15) is 0 Å². The molecule has 2 aromatic heterocycles. The number of carbonyl (C=O) groups excluding carboxylic acids is 1. The predicted molar refractivity (Wildman–Crippen MR) is 96.0 cm³/mol. The molecule has 4 heterocycles. The summed E-state index contributed by atoms with van der Waals surface area (Å²) in [6.45, 7) is 5.31. The van der Waals surface area contributed by atoms with Gasteiger partial charge in [-0.05, 0) is 56.0 Å². The Labute approximate surface area is 146 Å². The van der Waals surface area contributed by atoms with Crippen LogP contribution in [0, 0.1) is 6.92 Å². The van der Waals surface area contributed by atoms with Crippen molar-refractivity contribution in [2.45, 2.75) is 44.2 Å². The summed E-state index contributed by atoms with van der Waals surface area (Å²) < 4.78 is 0. The lowest BCUT2D eigenvalue weighted by Crippen LogP contribution is -2.50. The Morgan fingerprint density at radius 3 is 2.67 bits per heavy atom. The van der Waals surface area contributed by atoms with Crippen LogP contribution in [0.5, 0.6) is 0 Å². The van der Waals surface area contributed by atoms with Crippen molar-refractivity contribution in [1.82, 2.24) is 15.2 Å². The van der Waals surface area contributed by atoms with Crippen molar-refractivity contribution >= 4 is 17.2 Å². The van der Waals surface area contributed by atoms with Crippen LogP contribution < -0.4 is 5.32 Å². The number of pyridine rings is 1. The molecule has 2 aromatic rings. The van der Waals surface area contributed by atoms with Gasteiger partial charge in [0.15, 0.2) is 0 Å². The summed E-state index contributed by atoms with van der Waals surface area (Å²) in [5.41, 5.74) is 1.09. The van der Waals surface area contributed by atoms with E-state index in [4.69, 9.17) is 0 Å². The van der Waals surface area contributed by atoms with Crippen LogP contribution in [-0.4, -0.2) is 34.4 Å². The van der Waals surface area contributed by atoms with E-state index in [0.29, 0.717) is 0 Å². The van der Waals surface area contributed by atoms with Gasteiger partial charge in [-0.3, -0.25) is 14.7 Å². The van der Waals surface area contributed by atoms with Crippen LogP contribution in [0.25, 0.3) is 0 Å². The van der Waals surface area contributed by atoms with Crippen molar-refractivity contribution in [1.29, 1.82) is 0 Å². The Balaban J connectivity index is 1.39. The average molecular weight is 341 g/mol. The molecule has 0 bridgehead atoms. The minimum absolute atomic E-state index is 0.00706. The van der Waals surface area contributed by atoms with E-state index in [1.807, 2.05) is 23.5 Å². The Kier molecular flexibility index (Phi) is 4.14. The van der Waals surface area contributed by atoms with Gasteiger partial charge in [-0.15, -0.1) is 11.3 Å². The lowest BCUT2D eigenvalue weighted by Gasteiger charge is -2.39. The molecule has 2 fully saturated rings. The van der Waals surface area contributed by atoms with Crippen molar-refractivity contribution in [3.8, 4) is 0 Å². The summed E-state index contributed by atoms with van der Waals surface area (Å²) in [6.07, 6.45) is 6.57. The second kappa shape index (κ2) is 6.30. The molecule has 0 aliphatic carbocycles. The maximum Gasteiger partial charge on any atom is 0.228 e. The van der Waals surface area contributed by atoms with Crippen molar-refractivity contribution in [3.63, 3.8) is 0 Å². The second-order valence-corrected chi connectivity index (χ2v) is 8.47. The van der Waals surface area contributed by atoms with Gasteiger partial charge in [0.05, 0.1) is 5.92 Å². The molecule has 0 saturated carbocycles. The molecule has 2 aliphatic heterocycles. The van der Waals surface area contributed by atoms with Gasteiger partial charge in [0.25, 0.3) is 0 Å². The monoisotopic (exact) mass is 341 g/mol. The number of thiophene rings is 1. The molecule has 5 heteroatoms. The molecule has 1 atom stereocenters. The van der Waals surface area contributed by atoms with Gasteiger partial charge in [-0.25, -0.2) is 0 Å². The zero-order valence-electron chi connectivity index (χ0n) is 14.0. The number of aromatic nitrogens is 1. The standard InChI is InChI=1S/C19H23N3OS/c1-14-2-3-16(24-14)13-22-10-6-19(7-11-22)12-17(18(23)21-19)15-4-8-20-9-5-15/h2-5,8-9,17H,6-7,10-13H2,1H3,(H,21,23)/t17-/m1/s1. The third-order valence-corrected chi connectivity index (χ3v) is 6.38. The van der Waals surface area contributed by atoms with Crippen molar-refractivity contribution in [2.24, 2.45) is 0 Å². The molecule has 2 saturated heterocycles. The number of amides is 1. The highest BCUT2D eigenvalue weighted by atomic mass is 32.1. The number of likely N-dealkylation sites (tertiary alicyclic amines) is 1. The van der Waals surface area contributed by atoms with E-state index in [1.54, 1.807) is 12.4 Å². The Bertz CT molecular complexity index is 719. The van der Waals surface area contributed by atoms with Gasteiger partial charge in [0, 0.05) is 47.3 Å². The fourth-order valence-electron chi connectivity index (χ4n) is 4.01. The first-order chi connectivity index (χ1) is 11.6. The zero-order valence-corrected chi connectivity index (χ0v) is 14.8. The third kappa shape index (κ3) is 3.10. The summed E-state index contributed by atoms with van der Waals surface area (Å²) in [7, 11) is 0. The number of piperidine rings is 1. The number of hydrogen-bond acceptors (Lipinski definition) is 4. The highest BCUT2D eigenvalue weighted by molar-refractivity contribution is 7.11. The molecule has 24 heavy (non-hydrogen) atoms. The molecular formula is C19H23N3OS. The number of nitrogens with one attached hydrogen (secondary N) is 1. The second-order valence-electron chi connectivity index (χ2n) is 7.10. The van der Waals surface area contributed by atoms with Crippen LogP contribution >= 0.6 is 11.3 Å². The molecule has 0 aromatic carbocycles. The van der Waals surface area contributed by atoms with E-state index < -0.39 is 0 Å². The normalized spacial score (nSPS) is 23.5. The van der Waals surface area contributed by atoms with Crippen molar-refractivity contribution < 1.29 is 4.79 Å². The van der Waals surface area contributed by atoms with Gasteiger partial charge >= 0.3 is 0 Å². The van der Waals surface area contributed by atoms with Crippen LogP contribution in [-0.2, 0) is 11.3 Å². The van der Waals surface area contributed by atoms with Crippen LogP contribution in [0.2, 0.25) is 0 Å². The number of carbonyl (C=O) groups is 1. The molecule has 0 unspecified atom stereocenters. The average Bonchev–Trinajstić information content (AvgIpc) is 3.14. The van der Waals surface area contributed by atoms with E-state index in [9.17, 15) is 4.79 Å². The maximum absolute atomic E-state index is 12.5. The first kappa shape index (κ1) is 15.8. The summed E-state index contributed by atoms with van der Waals surface area (Å²) in [5.74, 6) is 0.169. The highest BCUT2D eigenvalue weighted by Gasteiger charge is 2.46. The van der Waals surface area contributed by atoms with E-state index in [1.165, 1.54) is 9.75 Å². The molecule has 4 nitrogen and oxygen atoms in total. The predicted octanol–water partition coefficient (Wildman–Crippen LogP) is 3.09. The fourth-order valence-corrected chi connectivity index (χ4v) is 4.94. The minimum Gasteiger partial charge on any atom is -0.350 e. The van der Waals surface area contributed by atoms with Crippen LogP contribution in [0.15, 0.2) is 36.7 Å². The van der Waals surface area contributed by atoms with Gasteiger partial charge in [0.2, 0.25) is 5.91 Å². The van der Waals surface area contributed by atoms with Crippen molar-refractivity contribution in [2.75, 3.05) is 13.1 Å². The summed E-state index contributed by atoms with van der Waals surface area (Å²) in [4.78, 5) is 21.9. The quantitative estimate of drug-likeness (QED) is 0.933. The topological polar surface area (TPSA) is 45.2 Å².